The van der Waals surface area contributed by atoms with E-state index in [0.717, 1.165) is 0 Å². The number of hydrogen-bond acceptors (Lipinski definition) is 5. The Bertz CT molecular complexity index is 482. The van der Waals surface area contributed by atoms with E-state index in [2.05, 4.69) is 10.3 Å². The van der Waals surface area contributed by atoms with Gasteiger partial charge in [0.1, 0.15) is 11.0 Å². The summed E-state index contributed by atoms with van der Waals surface area (Å²) in [4.78, 5) is 11.0. The smallest absolute Gasteiger partial charge is 0.545 e. The van der Waals surface area contributed by atoms with Crippen molar-refractivity contribution in [2.45, 2.75) is 0 Å². The topological polar surface area (TPSA) is 91.1 Å². The van der Waals surface area contributed by atoms with Crippen molar-refractivity contribution < 1.29 is 66.5 Å². The molecule has 0 saturated carbocycles. The van der Waals surface area contributed by atoms with E-state index >= 15 is 0 Å². The molecule has 0 spiro atoms. The number of aromatic carboxylic acids is 1. The monoisotopic (exact) mass is 217 g/mol. The third-order valence-electron chi connectivity index (χ3n) is 1.66. The van der Waals surface area contributed by atoms with Crippen LogP contribution in [-0.2, 0) is 0 Å². The molecule has 0 radical (unpaired) electrons. The number of carboxylic acid groups (broad SMARTS) is 1. The van der Waals surface area contributed by atoms with Gasteiger partial charge in [-0.2, -0.15) is 0 Å². The van der Waals surface area contributed by atoms with E-state index in [0.29, 0.717) is 15.9 Å². The van der Waals surface area contributed by atoms with Crippen LogP contribution in [0.25, 0.3) is 11.0 Å². The van der Waals surface area contributed by atoms with Gasteiger partial charge in [-0.25, -0.2) is 0 Å². The zero-order valence-corrected chi connectivity index (χ0v) is 10.5. The fourth-order valence-corrected chi connectivity index (χ4v) is 1.04. The van der Waals surface area contributed by atoms with Crippen LogP contribution in [0.15, 0.2) is 18.2 Å². The molecule has 0 fully saturated rings. The van der Waals surface area contributed by atoms with E-state index in [-0.39, 0.29) is 56.9 Å². The third kappa shape index (κ3) is 1.96. The second-order valence-corrected chi connectivity index (χ2v) is 2.47. The van der Waals surface area contributed by atoms with Crippen molar-refractivity contribution in [2.75, 3.05) is 0 Å². The number of carbonyl (C=O) groups excluding carboxylic acids is 1. The predicted octanol–water partition coefficient (Wildman–Crippen LogP) is -3.96. The number of carbonyl (C=O) groups is 1. The normalized spacial score (nSPS) is 9.71. The minimum Gasteiger partial charge on any atom is -0.545 e. The Kier molecular flexibility index (Phi) is 3.62. The quantitative estimate of drug-likeness (QED) is 0.389. The van der Waals surface area contributed by atoms with Crippen LogP contribution in [0.1, 0.15) is 10.4 Å². The fraction of sp³-hybridized carbons (Fsp3) is 0. The summed E-state index contributed by atoms with van der Waals surface area (Å²) in [7, 11) is 0. The van der Waals surface area contributed by atoms with Gasteiger partial charge >= 0.3 is 51.4 Å². The Morgan fingerprint density at radius 3 is 2.86 bits per heavy atom. The van der Waals surface area contributed by atoms with Gasteiger partial charge in [0, 0.05) is 0 Å². The van der Waals surface area contributed by atoms with Crippen molar-refractivity contribution in [1.82, 2.24) is 15.2 Å². The molecule has 7 heteroatoms. The fourth-order valence-electron chi connectivity index (χ4n) is 1.04. The molecule has 1 N–H and O–H groups in total. The molecule has 0 saturated heterocycles. The van der Waals surface area contributed by atoms with Crippen molar-refractivity contribution in [3.8, 4) is 0 Å². The first-order valence-corrected chi connectivity index (χ1v) is 3.44. The van der Waals surface area contributed by atoms with Gasteiger partial charge < -0.3 is 15.1 Å². The maximum Gasteiger partial charge on any atom is 1.00 e. The molecule has 6 nitrogen and oxygen atoms in total. The summed E-state index contributed by atoms with van der Waals surface area (Å²) in [6, 6.07) is 4.00. The third-order valence-corrected chi connectivity index (χ3v) is 1.66. The number of fused-ring (bicyclic) bond motifs is 1. The molecule has 0 aliphatic rings. The second kappa shape index (κ2) is 4.36. The number of hydrogen-bond donors (Lipinski definition) is 1. The number of carboxylic acids is 1. The van der Waals surface area contributed by atoms with Crippen molar-refractivity contribution in [3.63, 3.8) is 0 Å². The zero-order valence-electron chi connectivity index (χ0n) is 7.34. The SMILES string of the molecule is O=C([O-])c1ccc2c(c1)nnn2O.[K+]. The van der Waals surface area contributed by atoms with E-state index < -0.39 is 5.97 Å². The first-order chi connectivity index (χ1) is 6.18. The first-order valence-electron chi connectivity index (χ1n) is 3.44. The van der Waals surface area contributed by atoms with Crippen molar-refractivity contribution in [1.29, 1.82) is 0 Å². The maximum absolute atomic E-state index is 10.4. The van der Waals surface area contributed by atoms with Crippen LogP contribution in [0.5, 0.6) is 0 Å². The summed E-state index contributed by atoms with van der Waals surface area (Å²) < 4.78 is 0. The van der Waals surface area contributed by atoms with Crippen molar-refractivity contribution in [2.24, 2.45) is 0 Å². The van der Waals surface area contributed by atoms with E-state index in [1.165, 1.54) is 18.2 Å². The summed E-state index contributed by atoms with van der Waals surface area (Å²) in [5.41, 5.74) is 0.669. The van der Waals surface area contributed by atoms with Crippen LogP contribution in [0.3, 0.4) is 0 Å². The van der Waals surface area contributed by atoms with Crippen LogP contribution >= 0.6 is 0 Å². The summed E-state index contributed by atoms with van der Waals surface area (Å²) in [6.45, 7) is 0. The average molecular weight is 217 g/mol. The Morgan fingerprint density at radius 1 is 1.50 bits per heavy atom. The van der Waals surface area contributed by atoms with Gasteiger partial charge in [0.25, 0.3) is 0 Å². The maximum atomic E-state index is 10.4. The van der Waals surface area contributed by atoms with Crippen LogP contribution < -0.4 is 56.5 Å². The zero-order chi connectivity index (χ0) is 9.42. The predicted molar refractivity (Wildman–Crippen MR) is 39.0 cm³/mol. The Balaban J connectivity index is 0.000000980. The van der Waals surface area contributed by atoms with E-state index in [1.807, 2.05) is 0 Å². The number of benzene rings is 1. The van der Waals surface area contributed by atoms with E-state index in [9.17, 15) is 9.90 Å². The van der Waals surface area contributed by atoms with Crippen molar-refractivity contribution >= 4 is 17.0 Å². The van der Waals surface area contributed by atoms with Crippen LogP contribution in [0.4, 0.5) is 0 Å². The molecule has 0 atom stereocenters. The molecular formula is C7H4KN3O3. The average Bonchev–Trinajstić information content (AvgIpc) is 2.47. The molecule has 0 aliphatic carbocycles. The first kappa shape index (κ1) is 11.6. The van der Waals surface area contributed by atoms with Gasteiger partial charge in [0.15, 0.2) is 0 Å². The molecule has 2 aromatic rings. The molecule has 0 unspecified atom stereocenters. The van der Waals surface area contributed by atoms with Gasteiger partial charge in [-0.1, -0.05) is 10.9 Å². The van der Waals surface area contributed by atoms with E-state index in [1.54, 1.807) is 0 Å². The molecule has 0 aliphatic heterocycles. The van der Waals surface area contributed by atoms with Crippen LogP contribution in [0.2, 0.25) is 0 Å². The molecule has 0 bridgehead atoms. The summed E-state index contributed by atoms with van der Waals surface area (Å²) in [6.07, 6.45) is 0. The van der Waals surface area contributed by atoms with Gasteiger partial charge in [0.05, 0.1) is 5.97 Å². The molecule has 66 valence electrons. The number of nitrogens with zero attached hydrogens (tertiary/aromatic N) is 3. The molecule has 1 aromatic carbocycles. The van der Waals surface area contributed by atoms with Crippen LogP contribution in [0, 0.1) is 0 Å². The Morgan fingerprint density at radius 2 is 2.21 bits per heavy atom. The molecule has 1 heterocycles. The Hall–Kier alpha value is -0.474. The van der Waals surface area contributed by atoms with Gasteiger partial charge in [-0.05, 0) is 22.9 Å². The van der Waals surface area contributed by atoms with Gasteiger partial charge in [-0.3, -0.25) is 0 Å². The number of aromatic nitrogens is 3. The Labute approximate surface area is 121 Å². The molecule has 14 heavy (non-hydrogen) atoms. The van der Waals surface area contributed by atoms with E-state index in [4.69, 9.17) is 5.21 Å². The standard InChI is InChI=1S/C7H5N3O3.K/c11-7(12)4-1-2-6-5(3-4)8-9-10(6)13;/h1-3,13H,(H,11,12);/q;+1/p-1. The second-order valence-electron chi connectivity index (χ2n) is 2.47. The summed E-state index contributed by atoms with van der Waals surface area (Å²) in [5.74, 6) is -1.28. The summed E-state index contributed by atoms with van der Waals surface area (Å²) in [5, 5.41) is 26.3. The summed E-state index contributed by atoms with van der Waals surface area (Å²) >= 11 is 0. The molecule has 2 rings (SSSR count). The minimum atomic E-state index is -1.28. The van der Waals surface area contributed by atoms with Gasteiger partial charge in [-0.15, -0.1) is 5.10 Å². The van der Waals surface area contributed by atoms with Crippen LogP contribution in [-0.4, -0.2) is 26.3 Å². The largest absolute Gasteiger partial charge is 1.00 e. The van der Waals surface area contributed by atoms with Gasteiger partial charge in [0.2, 0.25) is 0 Å². The number of rotatable bonds is 1. The van der Waals surface area contributed by atoms with Crippen molar-refractivity contribution in [3.05, 3.63) is 23.8 Å². The minimum absolute atomic E-state index is 0. The molecule has 0 amide bonds. The molecular weight excluding hydrogens is 213 g/mol. The molecule has 1 aromatic heterocycles.